The van der Waals surface area contributed by atoms with Gasteiger partial charge < -0.3 is 0 Å². The minimum atomic E-state index is -0.567. The van der Waals surface area contributed by atoms with Gasteiger partial charge in [-0.15, -0.1) is 0 Å². The molecule has 3 heteroatoms. The standard InChI is InChI=1S/C14H11ClF2/c1-8-5-12(16)14(13(17)6-8)10-4-3-9(2)11(15)7-10/h3-7H,1-2H3. The fourth-order valence-electron chi connectivity index (χ4n) is 1.72. The minimum absolute atomic E-state index is 0.0301. The lowest BCUT2D eigenvalue weighted by Crippen LogP contribution is -1.92. The molecule has 0 aliphatic rings. The van der Waals surface area contributed by atoms with Crippen molar-refractivity contribution in [3.63, 3.8) is 0 Å². The summed E-state index contributed by atoms with van der Waals surface area (Å²) in [5.41, 5.74) is 1.86. The monoisotopic (exact) mass is 252 g/mol. The van der Waals surface area contributed by atoms with Gasteiger partial charge in [-0.2, -0.15) is 0 Å². The van der Waals surface area contributed by atoms with Crippen molar-refractivity contribution in [3.8, 4) is 11.1 Å². The zero-order valence-electron chi connectivity index (χ0n) is 9.52. The largest absolute Gasteiger partial charge is 0.206 e. The highest BCUT2D eigenvalue weighted by Crippen LogP contribution is 2.30. The van der Waals surface area contributed by atoms with Crippen LogP contribution in [0.15, 0.2) is 30.3 Å². The van der Waals surface area contributed by atoms with E-state index in [1.165, 1.54) is 12.1 Å². The summed E-state index contributed by atoms with van der Waals surface area (Å²) in [6, 6.07) is 7.61. The Bertz CT molecular complexity index is 553. The molecule has 0 bridgehead atoms. The number of rotatable bonds is 1. The molecule has 17 heavy (non-hydrogen) atoms. The van der Waals surface area contributed by atoms with Crippen LogP contribution >= 0.6 is 11.6 Å². The molecule has 0 spiro atoms. The predicted molar refractivity (Wildman–Crippen MR) is 66.3 cm³/mol. The molecule has 88 valence electrons. The van der Waals surface area contributed by atoms with Crippen LogP contribution in [0, 0.1) is 25.5 Å². The summed E-state index contributed by atoms with van der Waals surface area (Å²) in [5.74, 6) is -1.13. The van der Waals surface area contributed by atoms with E-state index in [4.69, 9.17) is 11.6 Å². The first-order valence-electron chi connectivity index (χ1n) is 5.21. The maximum Gasteiger partial charge on any atom is 0.134 e. The second kappa shape index (κ2) is 4.46. The summed E-state index contributed by atoms with van der Waals surface area (Å²) in [4.78, 5) is 0. The van der Waals surface area contributed by atoms with Crippen molar-refractivity contribution in [3.05, 3.63) is 58.1 Å². The number of hydrogen-bond acceptors (Lipinski definition) is 0. The lowest BCUT2D eigenvalue weighted by Gasteiger charge is -2.08. The number of halogens is 3. The highest BCUT2D eigenvalue weighted by atomic mass is 35.5. The van der Waals surface area contributed by atoms with Crippen LogP contribution in [0.25, 0.3) is 11.1 Å². The van der Waals surface area contributed by atoms with Gasteiger partial charge in [-0.25, -0.2) is 8.78 Å². The van der Waals surface area contributed by atoms with Crippen LogP contribution in [-0.4, -0.2) is 0 Å². The van der Waals surface area contributed by atoms with Gasteiger partial charge in [0, 0.05) is 5.02 Å². The molecule has 0 heterocycles. The van der Waals surface area contributed by atoms with Crippen LogP contribution in [0.2, 0.25) is 5.02 Å². The lowest BCUT2D eigenvalue weighted by molar-refractivity contribution is 0.588. The SMILES string of the molecule is Cc1cc(F)c(-c2ccc(C)c(Cl)c2)c(F)c1. The number of aryl methyl sites for hydroxylation is 2. The van der Waals surface area contributed by atoms with E-state index >= 15 is 0 Å². The molecule has 0 aliphatic heterocycles. The molecule has 0 fully saturated rings. The molecule has 0 nitrogen and oxygen atoms in total. The lowest BCUT2D eigenvalue weighted by atomic mass is 10.0. The van der Waals surface area contributed by atoms with Crippen molar-refractivity contribution >= 4 is 11.6 Å². The Morgan fingerprint density at radius 3 is 2.06 bits per heavy atom. The first-order chi connectivity index (χ1) is 7.99. The molecule has 2 rings (SSSR count). The zero-order chi connectivity index (χ0) is 12.6. The fourth-order valence-corrected chi connectivity index (χ4v) is 1.90. The van der Waals surface area contributed by atoms with E-state index in [2.05, 4.69) is 0 Å². The van der Waals surface area contributed by atoms with Gasteiger partial charge >= 0.3 is 0 Å². The zero-order valence-corrected chi connectivity index (χ0v) is 10.3. The van der Waals surface area contributed by atoms with Gasteiger partial charge in [-0.05, 0) is 48.7 Å². The molecule has 0 radical (unpaired) electrons. The van der Waals surface area contributed by atoms with Gasteiger partial charge in [0.05, 0.1) is 5.56 Å². The fraction of sp³-hybridized carbons (Fsp3) is 0.143. The molecule has 2 aromatic rings. The quantitative estimate of drug-likeness (QED) is 0.677. The molecule has 0 saturated carbocycles. The summed E-state index contributed by atoms with van der Waals surface area (Å²) in [6.07, 6.45) is 0. The highest BCUT2D eigenvalue weighted by Gasteiger charge is 2.12. The van der Waals surface area contributed by atoms with E-state index < -0.39 is 11.6 Å². The molecule has 0 saturated heterocycles. The van der Waals surface area contributed by atoms with Crippen molar-refractivity contribution in [1.82, 2.24) is 0 Å². The van der Waals surface area contributed by atoms with Gasteiger partial charge in [0.2, 0.25) is 0 Å². The van der Waals surface area contributed by atoms with Crippen molar-refractivity contribution in [2.24, 2.45) is 0 Å². The topological polar surface area (TPSA) is 0 Å². The van der Waals surface area contributed by atoms with E-state index in [9.17, 15) is 8.78 Å². The second-order valence-electron chi connectivity index (χ2n) is 4.07. The summed E-state index contributed by atoms with van der Waals surface area (Å²) in [7, 11) is 0. The maximum absolute atomic E-state index is 13.7. The van der Waals surface area contributed by atoms with Crippen LogP contribution in [-0.2, 0) is 0 Å². The van der Waals surface area contributed by atoms with E-state index in [1.54, 1.807) is 25.1 Å². The highest BCUT2D eigenvalue weighted by molar-refractivity contribution is 6.31. The average Bonchev–Trinajstić information content (AvgIpc) is 2.21. The van der Waals surface area contributed by atoms with Gasteiger partial charge in [-0.3, -0.25) is 0 Å². The maximum atomic E-state index is 13.7. The van der Waals surface area contributed by atoms with Gasteiger partial charge in [0.1, 0.15) is 11.6 Å². The van der Waals surface area contributed by atoms with E-state index in [-0.39, 0.29) is 5.56 Å². The molecule has 0 amide bonds. The molecule has 0 N–H and O–H groups in total. The van der Waals surface area contributed by atoms with Crippen LogP contribution in [0.4, 0.5) is 8.78 Å². The Kier molecular flexibility index (Phi) is 3.16. The minimum Gasteiger partial charge on any atom is -0.206 e. The molecule has 0 unspecified atom stereocenters. The number of hydrogen-bond donors (Lipinski definition) is 0. The molecule has 2 aromatic carbocycles. The van der Waals surface area contributed by atoms with Crippen molar-refractivity contribution in [1.29, 1.82) is 0 Å². The van der Waals surface area contributed by atoms with Gasteiger partial charge in [-0.1, -0.05) is 23.7 Å². The van der Waals surface area contributed by atoms with E-state index in [1.807, 2.05) is 6.92 Å². The molecule has 0 atom stereocenters. The Hall–Kier alpha value is -1.41. The van der Waals surface area contributed by atoms with Crippen LogP contribution in [0.3, 0.4) is 0 Å². The van der Waals surface area contributed by atoms with Crippen molar-refractivity contribution in [2.75, 3.05) is 0 Å². The Labute approximate surface area is 104 Å². The average molecular weight is 253 g/mol. The molecular formula is C14H11ClF2. The normalized spacial score (nSPS) is 10.6. The summed E-state index contributed by atoms with van der Waals surface area (Å²) in [5, 5.41) is 0.502. The number of benzene rings is 2. The Balaban J connectivity index is 2.64. The Morgan fingerprint density at radius 1 is 0.941 bits per heavy atom. The summed E-state index contributed by atoms with van der Waals surface area (Å²) in [6.45, 7) is 3.49. The van der Waals surface area contributed by atoms with Crippen molar-refractivity contribution < 1.29 is 8.78 Å². The van der Waals surface area contributed by atoms with Gasteiger partial charge in [0.15, 0.2) is 0 Å². The molecular weight excluding hydrogens is 242 g/mol. The first-order valence-corrected chi connectivity index (χ1v) is 5.59. The van der Waals surface area contributed by atoms with Gasteiger partial charge in [0.25, 0.3) is 0 Å². The van der Waals surface area contributed by atoms with Crippen LogP contribution in [0.1, 0.15) is 11.1 Å². The van der Waals surface area contributed by atoms with Crippen molar-refractivity contribution in [2.45, 2.75) is 13.8 Å². The smallest absolute Gasteiger partial charge is 0.134 e. The predicted octanol–water partition coefficient (Wildman–Crippen LogP) is 4.90. The third kappa shape index (κ3) is 2.32. The second-order valence-corrected chi connectivity index (χ2v) is 4.47. The Morgan fingerprint density at radius 2 is 1.53 bits per heavy atom. The summed E-state index contributed by atoms with van der Waals surface area (Å²) >= 11 is 5.95. The molecule has 0 aromatic heterocycles. The summed E-state index contributed by atoms with van der Waals surface area (Å²) < 4.78 is 27.5. The van der Waals surface area contributed by atoms with E-state index in [0.717, 1.165) is 5.56 Å². The third-order valence-electron chi connectivity index (χ3n) is 2.65. The van der Waals surface area contributed by atoms with Crippen LogP contribution in [0.5, 0.6) is 0 Å². The molecule has 0 aliphatic carbocycles. The third-order valence-corrected chi connectivity index (χ3v) is 3.05. The first kappa shape index (κ1) is 12.1. The van der Waals surface area contributed by atoms with Crippen LogP contribution < -0.4 is 0 Å². The van der Waals surface area contributed by atoms with E-state index in [0.29, 0.717) is 16.1 Å².